The highest BCUT2D eigenvalue weighted by molar-refractivity contribution is 5.94. The van der Waals surface area contributed by atoms with Crippen LogP contribution in [0.3, 0.4) is 0 Å². The van der Waals surface area contributed by atoms with Gasteiger partial charge in [-0.1, -0.05) is 18.7 Å². The van der Waals surface area contributed by atoms with Crippen LogP contribution in [0.1, 0.15) is 5.69 Å². The van der Waals surface area contributed by atoms with E-state index in [-0.39, 0.29) is 11.9 Å². The van der Waals surface area contributed by atoms with E-state index in [0.29, 0.717) is 17.1 Å². The smallest absolute Gasteiger partial charge is 0.147 e. The Kier molecular flexibility index (Phi) is 4.40. The van der Waals surface area contributed by atoms with Gasteiger partial charge in [0.25, 0.3) is 0 Å². The summed E-state index contributed by atoms with van der Waals surface area (Å²) in [7, 11) is 0. The maximum atomic E-state index is 13.5. The first-order valence-electron chi connectivity index (χ1n) is 9.60. The summed E-state index contributed by atoms with van der Waals surface area (Å²) in [6.07, 6.45) is 3.49. The van der Waals surface area contributed by atoms with Gasteiger partial charge in [0.05, 0.1) is 29.3 Å². The van der Waals surface area contributed by atoms with Crippen LogP contribution in [-0.2, 0) is 0 Å². The molecule has 1 aliphatic rings. The number of hydrogen-bond donors (Lipinski definition) is 3. The van der Waals surface area contributed by atoms with Crippen molar-refractivity contribution < 1.29 is 4.39 Å². The maximum Gasteiger partial charge on any atom is 0.147 e. The average molecular weight is 401 g/mol. The molecule has 0 unspecified atom stereocenters. The Labute approximate surface area is 172 Å². The van der Waals surface area contributed by atoms with Crippen molar-refractivity contribution >= 4 is 28.1 Å². The molecule has 8 heteroatoms. The van der Waals surface area contributed by atoms with Crippen LogP contribution in [-0.4, -0.2) is 39.3 Å². The summed E-state index contributed by atoms with van der Waals surface area (Å²) < 4.78 is 13.5. The first kappa shape index (κ1) is 18.3. The Hall–Kier alpha value is -3.78. The molecule has 4 aromatic rings. The van der Waals surface area contributed by atoms with E-state index in [2.05, 4.69) is 32.0 Å². The molecular weight excluding hydrogens is 381 g/mol. The highest BCUT2D eigenvalue weighted by Gasteiger charge is 2.24. The number of fused-ring (bicyclic) bond motifs is 1. The van der Waals surface area contributed by atoms with E-state index in [9.17, 15) is 4.39 Å². The van der Waals surface area contributed by atoms with Crippen molar-refractivity contribution in [3.63, 3.8) is 0 Å². The van der Waals surface area contributed by atoms with Crippen molar-refractivity contribution in [2.75, 3.05) is 23.3 Å². The molecular formula is C22H20FN7. The molecule has 4 N–H and O–H groups in total. The number of rotatable bonds is 5. The Morgan fingerprint density at radius 1 is 1.20 bits per heavy atom. The number of H-pyrrole nitrogens is 1. The molecule has 150 valence electrons. The van der Waals surface area contributed by atoms with Crippen molar-refractivity contribution in [3.8, 4) is 11.3 Å². The van der Waals surface area contributed by atoms with Gasteiger partial charge >= 0.3 is 0 Å². The highest BCUT2D eigenvalue weighted by Crippen LogP contribution is 2.29. The maximum absolute atomic E-state index is 13.5. The summed E-state index contributed by atoms with van der Waals surface area (Å²) in [5.74, 6) is 0.502. The van der Waals surface area contributed by atoms with Gasteiger partial charge in [-0.25, -0.2) is 9.37 Å². The van der Waals surface area contributed by atoms with E-state index in [0.717, 1.165) is 41.1 Å². The molecule has 0 spiro atoms. The molecule has 30 heavy (non-hydrogen) atoms. The summed E-state index contributed by atoms with van der Waals surface area (Å²) in [6.45, 7) is 5.65. The van der Waals surface area contributed by atoms with Gasteiger partial charge in [0.15, 0.2) is 0 Å². The topological polar surface area (TPSA) is 95.8 Å². The Balaban J connectivity index is 1.46. The first-order valence-corrected chi connectivity index (χ1v) is 9.60. The van der Waals surface area contributed by atoms with E-state index in [1.807, 2.05) is 18.2 Å². The van der Waals surface area contributed by atoms with E-state index in [1.165, 1.54) is 12.1 Å². The molecule has 0 saturated carbocycles. The molecule has 0 aliphatic carbocycles. The molecule has 2 aromatic heterocycles. The number of aromatic amines is 1. The number of nitrogens with zero attached hydrogens (tertiary/aromatic N) is 4. The molecule has 0 atom stereocenters. The molecule has 0 bridgehead atoms. The number of benzene rings is 2. The Bertz CT molecular complexity index is 1240. The SMILES string of the molecule is C=C(Nc1cccc(F)c1)c1n[nH]c2ccc(-c3cncc(N4CC(N)C4)n3)cc12. The monoisotopic (exact) mass is 401 g/mol. The summed E-state index contributed by atoms with van der Waals surface area (Å²) in [5.41, 5.74) is 10.3. The number of anilines is 2. The zero-order valence-electron chi connectivity index (χ0n) is 16.1. The number of halogens is 1. The van der Waals surface area contributed by atoms with Gasteiger partial charge in [0, 0.05) is 35.8 Å². The third-order valence-corrected chi connectivity index (χ3v) is 5.12. The van der Waals surface area contributed by atoms with Crippen LogP contribution < -0.4 is 16.0 Å². The molecule has 3 heterocycles. The fraction of sp³-hybridized carbons (Fsp3) is 0.136. The first-order chi connectivity index (χ1) is 14.6. The number of nitrogens with two attached hydrogens (primary N) is 1. The number of aromatic nitrogens is 4. The van der Waals surface area contributed by atoms with Crippen molar-refractivity contribution in [3.05, 3.63) is 72.9 Å². The average Bonchev–Trinajstić information content (AvgIpc) is 3.15. The van der Waals surface area contributed by atoms with E-state index in [1.54, 1.807) is 24.5 Å². The minimum atomic E-state index is -0.316. The van der Waals surface area contributed by atoms with Gasteiger partial charge in [-0.15, -0.1) is 0 Å². The van der Waals surface area contributed by atoms with Crippen molar-refractivity contribution in [1.82, 2.24) is 20.2 Å². The highest BCUT2D eigenvalue weighted by atomic mass is 19.1. The summed E-state index contributed by atoms with van der Waals surface area (Å²) in [6, 6.07) is 12.3. The van der Waals surface area contributed by atoms with Crippen LogP contribution in [0, 0.1) is 5.82 Å². The van der Waals surface area contributed by atoms with E-state index >= 15 is 0 Å². The quantitative estimate of drug-likeness (QED) is 0.474. The van der Waals surface area contributed by atoms with Crippen LogP contribution >= 0.6 is 0 Å². The van der Waals surface area contributed by atoms with Crippen LogP contribution in [0.15, 0.2) is 61.4 Å². The molecule has 1 fully saturated rings. The largest absolute Gasteiger partial charge is 0.354 e. The predicted octanol–water partition coefficient (Wildman–Crippen LogP) is 3.39. The lowest BCUT2D eigenvalue weighted by Gasteiger charge is -2.37. The van der Waals surface area contributed by atoms with Gasteiger partial charge in [-0.05, 0) is 30.3 Å². The molecule has 7 nitrogen and oxygen atoms in total. The molecule has 5 rings (SSSR count). The lowest BCUT2D eigenvalue weighted by atomic mass is 10.1. The van der Waals surface area contributed by atoms with Crippen LogP contribution in [0.25, 0.3) is 27.9 Å². The van der Waals surface area contributed by atoms with Crippen molar-refractivity contribution in [2.45, 2.75) is 6.04 Å². The second-order valence-electron chi connectivity index (χ2n) is 7.37. The fourth-order valence-electron chi connectivity index (χ4n) is 3.55. The second kappa shape index (κ2) is 7.23. The van der Waals surface area contributed by atoms with Gasteiger partial charge in [0.2, 0.25) is 0 Å². The standard InChI is InChI=1S/C22H20FN7/c1-13(26-17-4-2-3-15(23)8-17)22-18-7-14(5-6-19(18)28-29-22)20-9-25-10-21(27-20)30-11-16(24)12-30/h2-10,16,26H,1,11-12,24H2,(H,28,29). The number of hydrogen-bond acceptors (Lipinski definition) is 6. The molecule has 2 aromatic carbocycles. The fourth-order valence-corrected chi connectivity index (χ4v) is 3.55. The second-order valence-corrected chi connectivity index (χ2v) is 7.37. The summed E-state index contributed by atoms with van der Waals surface area (Å²) >= 11 is 0. The minimum absolute atomic E-state index is 0.192. The normalized spacial score (nSPS) is 14.0. The van der Waals surface area contributed by atoms with Crippen LogP contribution in [0.4, 0.5) is 15.9 Å². The summed E-state index contributed by atoms with van der Waals surface area (Å²) in [4.78, 5) is 11.2. The van der Waals surface area contributed by atoms with Gasteiger partial charge in [-0.3, -0.25) is 10.1 Å². The van der Waals surface area contributed by atoms with Gasteiger partial charge < -0.3 is 16.0 Å². The third kappa shape index (κ3) is 3.37. The Morgan fingerprint density at radius 3 is 2.87 bits per heavy atom. The van der Waals surface area contributed by atoms with E-state index < -0.39 is 0 Å². The lowest BCUT2D eigenvalue weighted by molar-refractivity contribution is 0.514. The van der Waals surface area contributed by atoms with Crippen molar-refractivity contribution in [1.29, 1.82) is 0 Å². The number of nitrogens with one attached hydrogen (secondary N) is 2. The summed E-state index contributed by atoms with van der Waals surface area (Å²) in [5, 5.41) is 11.4. The zero-order valence-corrected chi connectivity index (χ0v) is 16.1. The third-order valence-electron chi connectivity index (χ3n) is 5.12. The molecule has 1 saturated heterocycles. The zero-order chi connectivity index (χ0) is 20.7. The predicted molar refractivity (Wildman–Crippen MR) is 116 cm³/mol. The lowest BCUT2D eigenvalue weighted by Crippen LogP contribution is -2.56. The molecule has 0 amide bonds. The van der Waals surface area contributed by atoms with Crippen LogP contribution in [0.2, 0.25) is 0 Å². The molecule has 1 aliphatic heterocycles. The van der Waals surface area contributed by atoms with Gasteiger partial charge in [-0.2, -0.15) is 5.10 Å². The van der Waals surface area contributed by atoms with E-state index in [4.69, 9.17) is 10.7 Å². The minimum Gasteiger partial charge on any atom is -0.354 e. The molecule has 0 radical (unpaired) electrons. The van der Waals surface area contributed by atoms with Crippen molar-refractivity contribution in [2.24, 2.45) is 5.73 Å². The van der Waals surface area contributed by atoms with Crippen LogP contribution in [0.5, 0.6) is 0 Å². The Morgan fingerprint density at radius 2 is 2.07 bits per heavy atom. The van der Waals surface area contributed by atoms with Gasteiger partial charge in [0.1, 0.15) is 17.3 Å².